The van der Waals surface area contributed by atoms with E-state index < -0.39 is 5.54 Å². The molecule has 1 saturated carbocycles. The van der Waals surface area contributed by atoms with Gasteiger partial charge in [0.15, 0.2) is 0 Å². The Morgan fingerprint density at radius 3 is 2.11 bits per heavy atom. The van der Waals surface area contributed by atoms with Crippen molar-refractivity contribution >= 4 is 5.78 Å². The van der Waals surface area contributed by atoms with Crippen LogP contribution in [0.4, 0.5) is 0 Å². The second-order valence-electron chi connectivity index (χ2n) is 5.58. The third-order valence-electron chi connectivity index (χ3n) is 4.17. The van der Waals surface area contributed by atoms with Crippen molar-refractivity contribution in [2.24, 2.45) is 5.73 Å². The highest BCUT2D eigenvalue weighted by Gasteiger charge is 2.48. The summed E-state index contributed by atoms with van der Waals surface area (Å²) in [4.78, 5) is 23.3. The minimum absolute atomic E-state index is 0.179. The third kappa shape index (κ3) is 4.56. The van der Waals surface area contributed by atoms with Crippen LogP contribution in [0.15, 0.2) is 0 Å². The molecule has 1 fully saturated rings. The van der Waals surface area contributed by atoms with Gasteiger partial charge in [0.05, 0.1) is 0 Å². The van der Waals surface area contributed by atoms with Gasteiger partial charge in [-0.1, -0.05) is 38.5 Å². The van der Waals surface area contributed by atoms with Gasteiger partial charge in [-0.25, -0.2) is 0 Å². The van der Waals surface area contributed by atoms with Crippen molar-refractivity contribution < 1.29 is 9.72 Å². The Balaban J connectivity index is 2.79. The van der Waals surface area contributed by atoms with Crippen molar-refractivity contribution in [3.8, 4) is 0 Å². The number of nitro groups is 1. The Morgan fingerprint density at radius 1 is 1.05 bits per heavy atom. The molecule has 0 heterocycles. The topological polar surface area (TPSA) is 86.2 Å². The number of hydrogen-bond acceptors (Lipinski definition) is 4. The van der Waals surface area contributed by atoms with Crippen LogP contribution in [0.25, 0.3) is 0 Å². The number of nitrogens with zero attached hydrogens (tertiary/aromatic N) is 1. The van der Waals surface area contributed by atoms with Crippen LogP contribution in [0, 0.1) is 10.1 Å². The van der Waals surface area contributed by atoms with Gasteiger partial charge in [0, 0.05) is 24.2 Å². The summed E-state index contributed by atoms with van der Waals surface area (Å²) in [5.74, 6) is -0.205. The number of nitrogens with two attached hydrogens (primary N) is 1. The van der Waals surface area contributed by atoms with Gasteiger partial charge in [-0.15, -0.1) is 0 Å². The van der Waals surface area contributed by atoms with Crippen LogP contribution in [0.1, 0.15) is 70.6 Å². The average Bonchev–Trinajstić information content (AvgIpc) is 2.37. The van der Waals surface area contributed by atoms with Gasteiger partial charge >= 0.3 is 0 Å². The summed E-state index contributed by atoms with van der Waals surface area (Å²) >= 11 is 0. The molecule has 2 N–H and O–H groups in total. The van der Waals surface area contributed by atoms with E-state index in [2.05, 4.69) is 0 Å². The van der Waals surface area contributed by atoms with Crippen molar-refractivity contribution in [1.29, 1.82) is 0 Å². The zero-order valence-electron chi connectivity index (χ0n) is 11.7. The molecule has 0 bridgehead atoms. The molecule has 0 aromatic rings. The van der Waals surface area contributed by atoms with Crippen molar-refractivity contribution in [2.75, 3.05) is 6.54 Å². The van der Waals surface area contributed by atoms with Crippen LogP contribution < -0.4 is 5.73 Å². The summed E-state index contributed by atoms with van der Waals surface area (Å²) < 4.78 is 0. The van der Waals surface area contributed by atoms with Crippen LogP contribution in [0.3, 0.4) is 0 Å². The summed E-state index contributed by atoms with van der Waals surface area (Å²) in [7, 11) is 0. The van der Waals surface area contributed by atoms with Crippen LogP contribution in [-0.2, 0) is 4.79 Å². The smallest absolute Gasteiger partial charge is 0.280 e. The molecule has 1 unspecified atom stereocenters. The van der Waals surface area contributed by atoms with E-state index in [0.29, 0.717) is 12.8 Å². The number of rotatable bonds is 3. The summed E-state index contributed by atoms with van der Waals surface area (Å²) in [6.45, 7) is 0.201. The van der Waals surface area contributed by atoms with Crippen molar-refractivity contribution in [1.82, 2.24) is 0 Å². The standard InChI is InChI=1S/C14H26N2O3/c15-12-11-14(16(18)19)10-8-6-4-2-1-3-5-7-9-13(14)17/h1-12,15H2. The number of Topliss-reactive ketones (excluding diaryl/α,β-unsaturated/α-hetero) is 1. The lowest BCUT2D eigenvalue weighted by molar-refractivity contribution is -0.554. The lowest BCUT2D eigenvalue weighted by Gasteiger charge is -2.24. The minimum atomic E-state index is -1.41. The number of carbonyl (C=O) groups excluding carboxylic acids is 1. The SMILES string of the molecule is NCCC1([N+](=O)[O-])CCCCCCCCCCC1=O. The fourth-order valence-electron chi connectivity index (χ4n) is 2.92. The molecule has 0 aromatic heterocycles. The summed E-state index contributed by atoms with van der Waals surface area (Å²) in [5, 5.41) is 11.4. The van der Waals surface area contributed by atoms with Gasteiger partial charge < -0.3 is 5.73 Å². The Bertz CT molecular complexity index is 307. The highest BCUT2D eigenvalue weighted by atomic mass is 16.6. The van der Waals surface area contributed by atoms with E-state index in [4.69, 9.17) is 5.73 Å². The highest BCUT2D eigenvalue weighted by Crippen LogP contribution is 2.27. The van der Waals surface area contributed by atoms with E-state index >= 15 is 0 Å². The van der Waals surface area contributed by atoms with Crippen LogP contribution in [-0.4, -0.2) is 22.8 Å². The fraction of sp³-hybridized carbons (Fsp3) is 0.929. The first-order chi connectivity index (χ1) is 9.13. The molecule has 110 valence electrons. The number of ketones is 1. The van der Waals surface area contributed by atoms with E-state index in [9.17, 15) is 14.9 Å². The van der Waals surface area contributed by atoms with Gasteiger partial charge in [-0.05, 0) is 19.4 Å². The fourth-order valence-corrected chi connectivity index (χ4v) is 2.92. The highest BCUT2D eigenvalue weighted by molar-refractivity contribution is 5.87. The third-order valence-corrected chi connectivity index (χ3v) is 4.17. The summed E-state index contributed by atoms with van der Waals surface area (Å²) in [6.07, 6.45) is 9.06. The molecule has 0 saturated heterocycles. The van der Waals surface area contributed by atoms with Crippen molar-refractivity contribution in [3.63, 3.8) is 0 Å². The van der Waals surface area contributed by atoms with E-state index in [-0.39, 0.29) is 23.7 Å². The average molecular weight is 270 g/mol. The second-order valence-corrected chi connectivity index (χ2v) is 5.58. The van der Waals surface area contributed by atoms with Crippen LogP contribution in [0.2, 0.25) is 0 Å². The molecular formula is C14H26N2O3. The predicted octanol–water partition coefficient (Wildman–Crippen LogP) is 2.83. The molecule has 0 spiro atoms. The monoisotopic (exact) mass is 270 g/mol. The van der Waals surface area contributed by atoms with Gasteiger partial charge in [-0.2, -0.15) is 0 Å². The maximum absolute atomic E-state index is 12.3. The molecule has 0 aromatic carbocycles. The first-order valence-electron chi connectivity index (χ1n) is 7.51. The predicted molar refractivity (Wildman–Crippen MR) is 74.6 cm³/mol. The normalized spacial score (nSPS) is 27.3. The molecule has 1 aliphatic rings. The van der Waals surface area contributed by atoms with E-state index in [0.717, 1.165) is 38.5 Å². The first-order valence-corrected chi connectivity index (χ1v) is 7.51. The Labute approximate surface area is 115 Å². The maximum atomic E-state index is 12.3. The second kappa shape index (κ2) is 8.25. The van der Waals surface area contributed by atoms with Gasteiger partial charge in [0.25, 0.3) is 5.54 Å². The van der Waals surface area contributed by atoms with E-state index in [1.807, 2.05) is 0 Å². The van der Waals surface area contributed by atoms with E-state index in [1.165, 1.54) is 12.8 Å². The van der Waals surface area contributed by atoms with E-state index in [1.54, 1.807) is 0 Å². The molecule has 0 amide bonds. The Hall–Kier alpha value is -0.970. The molecular weight excluding hydrogens is 244 g/mol. The minimum Gasteiger partial charge on any atom is -0.330 e. The maximum Gasteiger partial charge on any atom is 0.280 e. The lowest BCUT2D eigenvalue weighted by atomic mass is 9.82. The van der Waals surface area contributed by atoms with Crippen molar-refractivity contribution in [3.05, 3.63) is 10.1 Å². The molecule has 1 rings (SSSR count). The molecule has 0 aliphatic heterocycles. The molecule has 5 heteroatoms. The molecule has 0 radical (unpaired) electrons. The number of carbonyl (C=O) groups is 1. The molecule has 1 atom stereocenters. The lowest BCUT2D eigenvalue weighted by Crippen LogP contribution is -2.48. The summed E-state index contributed by atoms with van der Waals surface area (Å²) in [6, 6.07) is 0. The van der Waals surface area contributed by atoms with Crippen molar-refractivity contribution in [2.45, 2.75) is 76.2 Å². The Morgan fingerprint density at radius 2 is 1.58 bits per heavy atom. The van der Waals surface area contributed by atoms with Gasteiger partial charge in [-0.3, -0.25) is 14.9 Å². The molecule has 1 aliphatic carbocycles. The largest absolute Gasteiger partial charge is 0.330 e. The van der Waals surface area contributed by atoms with Crippen LogP contribution in [0.5, 0.6) is 0 Å². The van der Waals surface area contributed by atoms with Crippen LogP contribution >= 0.6 is 0 Å². The number of hydrogen-bond donors (Lipinski definition) is 1. The molecule has 19 heavy (non-hydrogen) atoms. The van der Waals surface area contributed by atoms with Gasteiger partial charge in [0.2, 0.25) is 5.78 Å². The summed E-state index contributed by atoms with van der Waals surface area (Å²) in [5.41, 5.74) is 4.09. The first kappa shape index (κ1) is 16.1. The quantitative estimate of drug-likeness (QED) is 0.631. The van der Waals surface area contributed by atoms with Gasteiger partial charge in [0.1, 0.15) is 0 Å². The Kier molecular flexibility index (Phi) is 6.99. The zero-order valence-corrected chi connectivity index (χ0v) is 11.7. The molecule has 5 nitrogen and oxygen atoms in total. The zero-order chi connectivity index (χ0) is 14.1.